The lowest BCUT2D eigenvalue weighted by atomic mass is 10.1. The van der Waals surface area contributed by atoms with Gasteiger partial charge in [0.25, 0.3) is 0 Å². The fourth-order valence-electron chi connectivity index (χ4n) is 1.70. The molecular weight excluding hydrogens is 324 g/mol. The zero-order valence-electron chi connectivity index (χ0n) is 10.2. The van der Waals surface area contributed by atoms with Crippen molar-refractivity contribution < 1.29 is 9.50 Å². The molecule has 0 aliphatic carbocycles. The summed E-state index contributed by atoms with van der Waals surface area (Å²) >= 11 is 17.7. The second kappa shape index (κ2) is 6.64. The van der Waals surface area contributed by atoms with Gasteiger partial charge in [-0.2, -0.15) is 0 Å². The standard InChI is InChI=1S/C14H11Cl3FNO/c15-10-5-12(17)13(6-11(10)16)19-7-14(20)8-2-1-3-9(18)4-8/h1-6,14,19-20H,7H2. The second-order valence-corrected chi connectivity index (χ2v) is 5.42. The number of anilines is 1. The minimum atomic E-state index is -0.865. The summed E-state index contributed by atoms with van der Waals surface area (Å²) in [5.41, 5.74) is 1.03. The smallest absolute Gasteiger partial charge is 0.123 e. The predicted molar refractivity (Wildman–Crippen MR) is 81.3 cm³/mol. The number of hydrogen-bond acceptors (Lipinski definition) is 2. The average molecular weight is 335 g/mol. The van der Waals surface area contributed by atoms with Crippen LogP contribution in [0.4, 0.5) is 10.1 Å². The Morgan fingerprint density at radius 2 is 1.75 bits per heavy atom. The minimum Gasteiger partial charge on any atom is -0.387 e. The Labute approximate surface area is 131 Å². The van der Waals surface area contributed by atoms with Gasteiger partial charge in [0.1, 0.15) is 5.82 Å². The summed E-state index contributed by atoms with van der Waals surface area (Å²) in [5.74, 6) is -0.394. The Balaban J connectivity index is 2.07. The molecule has 2 N–H and O–H groups in total. The maximum atomic E-state index is 13.1. The van der Waals surface area contributed by atoms with E-state index in [-0.39, 0.29) is 6.54 Å². The Hall–Kier alpha value is -1.00. The van der Waals surface area contributed by atoms with Gasteiger partial charge >= 0.3 is 0 Å². The van der Waals surface area contributed by atoms with Gasteiger partial charge in [-0.3, -0.25) is 0 Å². The highest BCUT2D eigenvalue weighted by Crippen LogP contribution is 2.32. The monoisotopic (exact) mass is 333 g/mol. The minimum absolute atomic E-state index is 0.168. The van der Waals surface area contributed by atoms with Crippen molar-refractivity contribution >= 4 is 40.5 Å². The van der Waals surface area contributed by atoms with E-state index in [2.05, 4.69) is 5.32 Å². The van der Waals surface area contributed by atoms with Gasteiger partial charge in [0.2, 0.25) is 0 Å². The fraction of sp³-hybridized carbons (Fsp3) is 0.143. The summed E-state index contributed by atoms with van der Waals surface area (Å²) in [4.78, 5) is 0. The molecule has 0 heterocycles. The highest BCUT2D eigenvalue weighted by atomic mass is 35.5. The molecule has 0 aromatic heterocycles. The third kappa shape index (κ3) is 3.76. The van der Waals surface area contributed by atoms with Crippen LogP contribution in [-0.2, 0) is 0 Å². The van der Waals surface area contributed by atoms with E-state index in [1.54, 1.807) is 18.2 Å². The molecule has 20 heavy (non-hydrogen) atoms. The number of nitrogens with one attached hydrogen (secondary N) is 1. The number of benzene rings is 2. The topological polar surface area (TPSA) is 32.3 Å². The summed E-state index contributed by atoms with van der Waals surface area (Å²) < 4.78 is 13.1. The van der Waals surface area contributed by atoms with Crippen molar-refractivity contribution in [2.24, 2.45) is 0 Å². The lowest BCUT2D eigenvalue weighted by Crippen LogP contribution is -2.12. The molecule has 0 fully saturated rings. The first kappa shape index (κ1) is 15.4. The van der Waals surface area contributed by atoms with Crippen LogP contribution < -0.4 is 5.32 Å². The van der Waals surface area contributed by atoms with E-state index in [1.165, 1.54) is 18.2 Å². The van der Waals surface area contributed by atoms with E-state index < -0.39 is 11.9 Å². The highest BCUT2D eigenvalue weighted by molar-refractivity contribution is 6.44. The number of halogens is 4. The van der Waals surface area contributed by atoms with Gasteiger partial charge in [0.15, 0.2) is 0 Å². The van der Waals surface area contributed by atoms with Gasteiger partial charge in [0.05, 0.1) is 26.9 Å². The summed E-state index contributed by atoms with van der Waals surface area (Å²) in [6.07, 6.45) is -0.865. The zero-order chi connectivity index (χ0) is 14.7. The van der Waals surface area contributed by atoms with Crippen LogP contribution in [0.25, 0.3) is 0 Å². The molecule has 0 saturated carbocycles. The van der Waals surface area contributed by atoms with Crippen molar-refractivity contribution in [1.29, 1.82) is 0 Å². The normalized spacial score (nSPS) is 12.2. The molecule has 0 amide bonds. The lowest BCUT2D eigenvalue weighted by Gasteiger charge is -2.14. The molecule has 2 rings (SSSR count). The SMILES string of the molecule is OC(CNc1cc(Cl)c(Cl)cc1Cl)c1cccc(F)c1. The molecule has 0 aliphatic rings. The maximum absolute atomic E-state index is 13.1. The Morgan fingerprint density at radius 1 is 1.05 bits per heavy atom. The van der Waals surface area contributed by atoms with E-state index >= 15 is 0 Å². The zero-order valence-corrected chi connectivity index (χ0v) is 12.5. The number of aliphatic hydroxyl groups is 1. The molecule has 2 nitrogen and oxygen atoms in total. The van der Waals surface area contributed by atoms with E-state index in [0.717, 1.165) is 0 Å². The number of aliphatic hydroxyl groups excluding tert-OH is 1. The van der Waals surface area contributed by atoms with Crippen LogP contribution in [0.2, 0.25) is 15.1 Å². The summed E-state index contributed by atoms with van der Waals surface area (Å²) in [6.45, 7) is 0.168. The fourth-order valence-corrected chi connectivity index (χ4v) is 2.31. The molecule has 1 atom stereocenters. The van der Waals surface area contributed by atoms with E-state index in [9.17, 15) is 9.50 Å². The predicted octanol–water partition coefficient (Wildman–Crippen LogP) is 4.93. The van der Waals surface area contributed by atoms with Crippen molar-refractivity contribution in [3.63, 3.8) is 0 Å². The molecule has 0 spiro atoms. The lowest BCUT2D eigenvalue weighted by molar-refractivity contribution is 0.191. The van der Waals surface area contributed by atoms with Crippen LogP contribution in [0.5, 0.6) is 0 Å². The van der Waals surface area contributed by atoms with E-state index in [1.807, 2.05) is 0 Å². The van der Waals surface area contributed by atoms with Gasteiger partial charge in [-0.05, 0) is 29.8 Å². The quantitative estimate of drug-likeness (QED) is 0.777. The summed E-state index contributed by atoms with van der Waals surface area (Å²) in [7, 11) is 0. The third-order valence-electron chi connectivity index (χ3n) is 2.73. The highest BCUT2D eigenvalue weighted by Gasteiger charge is 2.10. The van der Waals surface area contributed by atoms with Crippen LogP contribution in [0, 0.1) is 5.82 Å². The molecule has 0 bridgehead atoms. The molecule has 0 radical (unpaired) electrons. The van der Waals surface area contributed by atoms with Crippen LogP contribution in [0.15, 0.2) is 36.4 Å². The third-order valence-corrected chi connectivity index (χ3v) is 3.76. The van der Waals surface area contributed by atoms with Gasteiger partial charge in [0, 0.05) is 6.54 Å². The summed E-state index contributed by atoms with van der Waals surface area (Å²) in [6, 6.07) is 8.88. The van der Waals surface area contributed by atoms with Crippen LogP contribution >= 0.6 is 34.8 Å². The average Bonchev–Trinajstić information content (AvgIpc) is 2.41. The molecule has 6 heteroatoms. The number of rotatable bonds is 4. The Morgan fingerprint density at radius 3 is 2.45 bits per heavy atom. The van der Waals surface area contributed by atoms with Gasteiger partial charge in [-0.25, -0.2) is 4.39 Å². The van der Waals surface area contributed by atoms with Gasteiger partial charge in [-0.15, -0.1) is 0 Å². The maximum Gasteiger partial charge on any atom is 0.123 e. The first-order chi connectivity index (χ1) is 9.47. The molecule has 0 saturated heterocycles. The molecule has 0 aliphatic heterocycles. The van der Waals surface area contributed by atoms with Crippen LogP contribution in [-0.4, -0.2) is 11.7 Å². The van der Waals surface area contributed by atoms with E-state index in [4.69, 9.17) is 34.8 Å². The number of hydrogen-bond donors (Lipinski definition) is 2. The molecule has 2 aromatic rings. The van der Waals surface area contributed by atoms with Gasteiger partial charge < -0.3 is 10.4 Å². The van der Waals surface area contributed by atoms with Crippen LogP contribution in [0.1, 0.15) is 11.7 Å². The summed E-state index contributed by atoms with van der Waals surface area (Å²) in [5, 5.41) is 14.0. The first-order valence-corrected chi connectivity index (χ1v) is 6.92. The van der Waals surface area contributed by atoms with E-state index in [0.29, 0.717) is 26.3 Å². The first-order valence-electron chi connectivity index (χ1n) is 5.79. The molecule has 106 valence electrons. The van der Waals surface area contributed by atoms with Crippen LogP contribution in [0.3, 0.4) is 0 Å². The second-order valence-electron chi connectivity index (χ2n) is 4.20. The molecular formula is C14H11Cl3FNO. The largest absolute Gasteiger partial charge is 0.387 e. The van der Waals surface area contributed by atoms with Crippen molar-refractivity contribution in [3.05, 3.63) is 62.8 Å². The van der Waals surface area contributed by atoms with Crippen molar-refractivity contribution in [1.82, 2.24) is 0 Å². The molecule has 2 aromatic carbocycles. The molecule has 1 unspecified atom stereocenters. The van der Waals surface area contributed by atoms with Crippen molar-refractivity contribution in [2.75, 3.05) is 11.9 Å². The van der Waals surface area contributed by atoms with Gasteiger partial charge in [-0.1, -0.05) is 46.9 Å². The Kier molecular flexibility index (Phi) is 5.11. The van der Waals surface area contributed by atoms with Crippen molar-refractivity contribution in [2.45, 2.75) is 6.10 Å². The van der Waals surface area contributed by atoms with Crippen molar-refractivity contribution in [3.8, 4) is 0 Å². The Bertz CT molecular complexity index is 621.